The van der Waals surface area contributed by atoms with E-state index in [9.17, 15) is 133 Å². The zero-order chi connectivity index (χ0) is 68.5. The summed E-state index contributed by atoms with van der Waals surface area (Å²) in [5.74, 6) is -21.6. The quantitative estimate of drug-likeness (QED) is 0.0270. The molecule has 16 N–H and O–H groups in total. The Balaban J connectivity index is 2.72. The molecular weight excluding hydrogens is 1220 g/mol. The predicted molar refractivity (Wildman–Crippen MR) is 304 cm³/mol. The Labute approximate surface area is 517 Å². The molecule has 1 aliphatic rings. The normalized spacial score (nSPS) is 14.0. The van der Waals surface area contributed by atoms with Crippen molar-refractivity contribution in [2.24, 2.45) is 0 Å². The van der Waals surface area contributed by atoms with Crippen molar-refractivity contribution in [3.8, 4) is 0 Å². The lowest BCUT2D eigenvalue weighted by molar-refractivity contribution is -0.147. The van der Waals surface area contributed by atoms with E-state index in [-0.39, 0.29) is 19.4 Å². The van der Waals surface area contributed by atoms with E-state index in [0.29, 0.717) is 21.8 Å². The number of anilines is 1. The Morgan fingerprint density at radius 1 is 0.451 bits per heavy atom. The summed E-state index contributed by atoms with van der Waals surface area (Å²) in [6.07, 6.45) is -0.712. The second-order valence-corrected chi connectivity index (χ2v) is 20.7. The summed E-state index contributed by atoms with van der Waals surface area (Å²) in [6.45, 7) is -15.9. The van der Waals surface area contributed by atoms with Crippen LogP contribution in [0.5, 0.6) is 0 Å². The van der Waals surface area contributed by atoms with Crippen molar-refractivity contribution in [2.75, 3.05) is 149 Å². The van der Waals surface area contributed by atoms with E-state index >= 15 is 0 Å². The minimum atomic E-state index is -1.87. The zero-order valence-electron chi connectivity index (χ0n) is 49.0. The summed E-state index contributed by atoms with van der Waals surface area (Å²) >= 11 is 0. The van der Waals surface area contributed by atoms with Gasteiger partial charge in [-0.1, -0.05) is 18.2 Å². The van der Waals surface area contributed by atoms with E-state index < -0.39 is 263 Å². The number of amides is 4. The fourth-order valence-electron chi connectivity index (χ4n) is 9.52. The number of fused-ring (bicyclic) bond motifs is 1. The molecule has 39 nitrogen and oxygen atoms in total. The Morgan fingerprint density at radius 2 is 0.824 bits per heavy atom. The van der Waals surface area contributed by atoms with Crippen molar-refractivity contribution in [1.82, 2.24) is 55.6 Å². The lowest BCUT2D eigenvalue weighted by Crippen LogP contribution is -2.58. The summed E-state index contributed by atoms with van der Waals surface area (Å²) in [6, 6.07) is 0.426. The molecule has 0 saturated heterocycles. The molecular formula is C52H76N12O27. The van der Waals surface area contributed by atoms with Crippen LogP contribution in [0, 0.1) is 0 Å². The highest BCUT2D eigenvalue weighted by Crippen LogP contribution is 2.34. The van der Waals surface area contributed by atoms with Crippen LogP contribution >= 0.6 is 0 Å². The van der Waals surface area contributed by atoms with Gasteiger partial charge in [0.15, 0.2) is 0 Å². The van der Waals surface area contributed by atoms with Gasteiger partial charge in [0.1, 0.15) is 24.4 Å². The first kappa shape index (κ1) is 77.6. The van der Waals surface area contributed by atoms with Gasteiger partial charge in [0.2, 0.25) is 23.6 Å². The van der Waals surface area contributed by atoms with Gasteiger partial charge >= 0.3 is 65.7 Å². The van der Waals surface area contributed by atoms with Gasteiger partial charge in [0.25, 0.3) is 0 Å². The molecule has 0 bridgehead atoms. The van der Waals surface area contributed by atoms with Crippen LogP contribution in [0.4, 0.5) is 5.69 Å². The second-order valence-electron chi connectivity index (χ2n) is 20.7. The van der Waals surface area contributed by atoms with Crippen molar-refractivity contribution < 1.29 is 133 Å². The Kier molecular flexibility index (Phi) is 34.2. The maximum Gasteiger partial charge on any atom is 0.317 e. The number of nitrogens with one attached hydrogen (secondary N) is 5. The summed E-state index contributed by atoms with van der Waals surface area (Å²) in [5.41, 5.74) is 1.44. The van der Waals surface area contributed by atoms with Crippen LogP contribution in [-0.4, -0.2) is 354 Å². The molecule has 0 aromatic heterocycles. The number of para-hydroxylation sites is 1. The summed E-state index contributed by atoms with van der Waals surface area (Å²) in [7, 11) is 0. The Bertz CT molecular complexity index is 2570. The van der Waals surface area contributed by atoms with E-state index in [1.807, 2.05) is 0 Å². The van der Waals surface area contributed by atoms with Crippen molar-refractivity contribution in [3.05, 3.63) is 29.8 Å². The van der Waals surface area contributed by atoms with Gasteiger partial charge in [0, 0.05) is 90.0 Å². The van der Waals surface area contributed by atoms with Crippen LogP contribution in [0.2, 0.25) is 0 Å². The van der Waals surface area contributed by atoms with Crippen LogP contribution < -0.4 is 26.6 Å². The number of carbonyl (C=O) groups excluding carboxylic acids is 5. The molecule has 4 amide bonds. The average Bonchev–Trinajstić information content (AvgIpc) is 1.85. The van der Waals surface area contributed by atoms with E-state index in [1.54, 1.807) is 24.3 Å². The number of aliphatic carboxylic acids is 11. The molecule has 1 heterocycles. The standard InChI is InChI=1S/C52H76N12O27/c65-30-32(5-6-39(67)68)56-50(89)35(15-31-16-55-34-4-2-1-3-33(31)34)57-38(66)19-58(9-7-53-51(90)36(63(26-46(81)82)27-47(83)84)17-59(20-40(69)70)11-13-61(22-42(73)74)23-43(75)76)10-8-54-52(91)37(64(28-48(85)86)29-49(87)88)18-60(21-41(71)72)12-14-62(24-44(77)78)25-45(79)80/h1-4,30-32,35-37,55H,5-29H2,(H,53,90)(H,54,91)(H,56,89)(H,57,66)(H,67,68)(H,69,70)(H,71,72)(H,73,74)(H,75,76)(H,77,78)(H,79,80)(H,81,82)(H,83,84)(H,85,86)(H,87,88)/t31?,32-,35+,36-,37-/m1/s1. The molecule has 1 aromatic carbocycles. The number of carbonyl (C=O) groups is 16. The molecule has 1 aliphatic heterocycles. The van der Waals surface area contributed by atoms with Gasteiger partial charge in [-0.15, -0.1) is 0 Å². The first-order valence-electron chi connectivity index (χ1n) is 27.7. The first-order valence-corrected chi connectivity index (χ1v) is 27.7. The van der Waals surface area contributed by atoms with E-state index in [0.717, 1.165) is 25.2 Å². The molecule has 0 aliphatic carbocycles. The Hall–Kier alpha value is -9.54. The molecule has 506 valence electrons. The number of rotatable bonds is 51. The van der Waals surface area contributed by atoms with Gasteiger partial charge in [-0.25, -0.2) is 0 Å². The first-order chi connectivity index (χ1) is 42.7. The van der Waals surface area contributed by atoms with Gasteiger partial charge in [-0.2, -0.15) is 0 Å². The van der Waals surface area contributed by atoms with Gasteiger partial charge in [-0.3, -0.25) is 106 Å². The molecule has 1 aromatic rings. The smallest absolute Gasteiger partial charge is 0.317 e. The van der Waals surface area contributed by atoms with Crippen molar-refractivity contribution in [2.45, 2.75) is 49.3 Å². The molecule has 0 spiro atoms. The minimum absolute atomic E-state index is 0.126. The third kappa shape index (κ3) is 32.5. The number of carboxylic acids is 11. The summed E-state index contributed by atoms with van der Waals surface area (Å²) in [5, 5.41) is 118. The molecule has 5 atom stereocenters. The average molecular weight is 1300 g/mol. The van der Waals surface area contributed by atoms with Crippen LogP contribution in [-0.2, 0) is 76.7 Å². The largest absolute Gasteiger partial charge is 0.481 e. The monoisotopic (exact) mass is 1300 g/mol. The zero-order valence-corrected chi connectivity index (χ0v) is 49.0. The van der Waals surface area contributed by atoms with Crippen molar-refractivity contribution >= 4 is 101 Å². The molecule has 39 heteroatoms. The van der Waals surface area contributed by atoms with Gasteiger partial charge in [-0.05, 0) is 24.5 Å². The Morgan fingerprint density at radius 3 is 1.20 bits per heavy atom. The van der Waals surface area contributed by atoms with E-state index in [4.69, 9.17) is 0 Å². The maximum absolute atomic E-state index is 14.3. The summed E-state index contributed by atoms with van der Waals surface area (Å²) < 4.78 is 0. The number of nitrogens with zero attached hydrogens (tertiary/aromatic N) is 7. The molecule has 2 rings (SSSR count). The van der Waals surface area contributed by atoms with Crippen LogP contribution in [0.15, 0.2) is 24.3 Å². The lowest BCUT2D eigenvalue weighted by atomic mass is 9.93. The third-order valence-corrected chi connectivity index (χ3v) is 13.4. The maximum atomic E-state index is 14.3. The lowest BCUT2D eigenvalue weighted by Gasteiger charge is -2.34. The van der Waals surface area contributed by atoms with Crippen molar-refractivity contribution in [3.63, 3.8) is 0 Å². The minimum Gasteiger partial charge on any atom is -0.481 e. The van der Waals surface area contributed by atoms with E-state index in [2.05, 4.69) is 26.6 Å². The summed E-state index contributed by atoms with van der Waals surface area (Å²) in [4.78, 5) is 205. The number of carboxylic acid groups (broad SMARTS) is 11. The molecule has 0 radical (unpaired) electrons. The second kappa shape index (κ2) is 40.2. The topological polar surface area (TPSA) is 578 Å². The van der Waals surface area contributed by atoms with Crippen molar-refractivity contribution in [1.29, 1.82) is 0 Å². The molecule has 0 saturated carbocycles. The third-order valence-electron chi connectivity index (χ3n) is 13.4. The fraction of sp³-hybridized carbons (Fsp3) is 0.577. The molecule has 91 heavy (non-hydrogen) atoms. The van der Waals surface area contributed by atoms with Crippen LogP contribution in [0.25, 0.3) is 0 Å². The molecule has 1 unspecified atom stereocenters. The molecule has 0 fully saturated rings. The van der Waals surface area contributed by atoms with Crippen LogP contribution in [0.1, 0.15) is 30.7 Å². The predicted octanol–water partition coefficient (Wildman–Crippen LogP) is -7.45. The number of aldehydes is 1. The van der Waals surface area contributed by atoms with E-state index in [1.165, 1.54) is 4.90 Å². The highest BCUT2D eigenvalue weighted by Gasteiger charge is 2.36. The van der Waals surface area contributed by atoms with Crippen LogP contribution in [0.3, 0.4) is 0 Å². The van der Waals surface area contributed by atoms with Gasteiger partial charge in [0.05, 0.1) is 78.0 Å². The highest BCUT2D eigenvalue weighted by molar-refractivity contribution is 5.90. The number of benzene rings is 1. The number of hydrogen-bond acceptors (Lipinski definition) is 24. The van der Waals surface area contributed by atoms with Gasteiger partial charge < -0.3 is 87.6 Å². The highest BCUT2D eigenvalue weighted by atomic mass is 16.4. The fourth-order valence-corrected chi connectivity index (χ4v) is 9.52. The SMILES string of the molecule is O=C[C@@H](CCC(=O)O)NC(=O)[C@H](CC1CNc2ccccc21)NC(=O)CN(CCNC(=O)[C@@H](CN(CCN(CC(=O)O)CC(=O)O)CC(=O)O)N(CC(=O)O)CC(=O)O)CCNC(=O)[C@@H](CN(CCN(CC(=O)O)CC(=O)O)CC(=O)O)N(CC(=O)O)CC(=O)O. The number of hydrogen-bond donors (Lipinski definition) is 16.